The Labute approximate surface area is 171 Å². The lowest BCUT2D eigenvalue weighted by Crippen LogP contribution is -2.04. The van der Waals surface area contributed by atoms with Gasteiger partial charge in [-0.2, -0.15) is 0 Å². The van der Waals surface area contributed by atoms with Crippen molar-refractivity contribution in [3.8, 4) is 5.75 Å². The molecule has 2 nitrogen and oxygen atoms in total. The average molecular weight is 386 g/mol. The lowest BCUT2D eigenvalue weighted by Gasteiger charge is -2.07. The van der Waals surface area contributed by atoms with Crippen molar-refractivity contribution in [1.82, 2.24) is 0 Å². The number of aliphatic imine (C=N–C) groups is 1. The van der Waals surface area contributed by atoms with Crippen molar-refractivity contribution in [1.29, 1.82) is 0 Å². The summed E-state index contributed by atoms with van der Waals surface area (Å²) in [4.78, 5) is 5.98. The normalized spacial score (nSPS) is 13.7. The van der Waals surface area contributed by atoms with Crippen LogP contribution >= 0.6 is 11.8 Å². The second-order valence-corrected chi connectivity index (χ2v) is 7.89. The van der Waals surface area contributed by atoms with E-state index in [9.17, 15) is 0 Å². The summed E-state index contributed by atoms with van der Waals surface area (Å²) in [5.41, 5.74) is 5.07. The minimum atomic E-state index is 0.587. The zero-order chi connectivity index (χ0) is 19.2. The molecule has 0 bridgehead atoms. The number of thioether (sulfide) groups is 1. The van der Waals surface area contributed by atoms with Crippen LogP contribution in [0.15, 0.2) is 94.2 Å². The fourth-order valence-electron chi connectivity index (χ4n) is 3.32. The predicted molar refractivity (Wildman–Crippen MR) is 119 cm³/mol. The third-order valence-electron chi connectivity index (χ3n) is 4.69. The minimum Gasteiger partial charge on any atom is -0.439 e. The van der Waals surface area contributed by atoms with E-state index in [1.165, 1.54) is 34.4 Å². The summed E-state index contributed by atoms with van der Waals surface area (Å²) in [5.74, 6) is 1.37. The first-order valence-electron chi connectivity index (χ1n) is 9.59. The Hall–Kier alpha value is -2.78. The number of aryl methyl sites for hydroxylation is 3. The van der Waals surface area contributed by atoms with Gasteiger partial charge in [0.2, 0.25) is 5.90 Å². The van der Waals surface area contributed by atoms with Gasteiger partial charge in [0.15, 0.2) is 0 Å². The van der Waals surface area contributed by atoms with Crippen LogP contribution in [0.2, 0.25) is 0 Å². The SMILES string of the molecule is Cc1cccc(SC=CC(=Nc2ccc3c(c2)CCC3)Oc2ccccc2)c1. The van der Waals surface area contributed by atoms with Crippen LogP contribution in [0.25, 0.3) is 0 Å². The van der Waals surface area contributed by atoms with Gasteiger partial charge in [0.1, 0.15) is 5.75 Å². The van der Waals surface area contributed by atoms with Crippen LogP contribution in [0.5, 0.6) is 5.75 Å². The molecule has 3 heteroatoms. The molecule has 3 aromatic rings. The molecule has 0 spiro atoms. The highest BCUT2D eigenvalue weighted by atomic mass is 32.2. The maximum Gasteiger partial charge on any atom is 0.220 e. The van der Waals surface area contributed by atoms with Gasteiger partial charge in [-0.1, -0.05) is 53.7 Å². The quantitative estimate of drug-likeness (QED) is 0.271. The molecule has 140 valence electrons. The molecular weight excluding hydrogens is 362 g/mol. The smallest absolute Gasteiger partial charge is 0.220 e. The second kappa shape index (κ2) is 8.94. The van der Waals surface area contributed by atoms with Gasteiger partial charge in [-0.05, 0) is 79.1 Å². The number of para-hydroxylation sites is 1. The monoisotopic (exact) mass is 385 g/mol. The van der Waals surface area contributed by atoms with Crippen LogP contribution in [0.1, 0.15) is 23.1 Å². The molecule has 0 N–H and O–H groups in total. The maximum atomic E-state index is 6.05. The minimum absolute atomic E-state index is 0.587. The number of benzene rings is 3. The number of hydrogen-bond donors (Lipinski definition) is 0. The highest BCUT2D eigenvalue weighted by Gasteiger charge is 2.11. The molecule has 4 rings (SSSR count). The van der Waals surface area contributed by atoms with Crippen molar-refractivity contribution in [3.05, 3.63) is 101 Å². The van der Waals surface area contributed by atoms with Gasteiger partial charge in [-0.25, -0.2) is 4.99 Å². The first-order valence-corrected chi connectivity index (χ1v) is 10.5. The fourth-order valence-corrected chi connectivity index (χ4v) is 4.07. The van der Waals surface area contributed by atoms with Gasteiger partial charge < -0.3 is 4.74 Å². The molecule has 0 aromatic heterocycles. The Morgan fingerprint density at radius 3 is 2.64 bits per heavy atom. The zero-order valence-electron chi connectivity index (χ0n) is 16.0. The number of rotatable bonds is 5. The molecule has 1 aliphatic rings. The van der Waals surface area contributed by atoms with E-state index in [4.69, 9.17) is 9.73 Å². The predicted octanol–water partition coefficient (Wildman–Crippen LogP) is 6.90. The lowest BCUT2D eigenvalue weighted by molar-refractivity contribution is 0.556. The van der Waals surface area contributed by atoms with E-state index in [0.717, 1.165) is 17.9 Å². The Kier molecular flexibility index (Phi) is 5.93. The molecule has 0 atom stereocenters. The molecule has 0 fully saturated rings. The van der Waals surface area contributed by atoms with E-state index in [2.05, 4.69) is 49.4 Å². The topological polar surface area (TPSA) is 21.6 Å². The summed E-state index contributed by atoms with van der Waals surface area (Å²) in [6, 6.07) is 24.7. The highest BCUT2D eigenvalue weighted by Crippen LogP contribution is 2.27. The van der Waals surface area contributed by atoms with Gasteiger partial charge >= 0.3 is 0 Å². The molecule has 0 saturated heterocycles. The number of nitrogens with zero attached hydrogens (tertiary/aromatic N) is 1. The zero-order valence-corrected chi connectivity index (χ0v) is 16.8. The summed E-state index contributed by atoms with van der Waals surface area (Å²) < 4.78 is 6.05. The van der Waals surface area contributed by atoms with Gasteiger partial charge in [0, 0.05) is 11.0 Å². The molecule has 28 heavy (non-hydrogen) atoms. The van der Waals surface area contributed by atoms with Crippen LogP contribution in [0, 0.1) is 6.92 Å². The van der Waals surface area contributed by atoms with E-state index < -0.39 is 0 Å². The maximum absolute atomic E-state index is 6.05. The Bertz CT molecular complexity index is 1010. The molecule has 0 aliphatic heterocycles. The highest BCUT2D eigenvalue weighted by molar-refractivity contribution is 8.02. The van der Waals surface area contributed by atoms with Crippen molar-refractivity contribution in [2.24, 2.45) is 4.99 Å². The van der Waals surface area contributed by atoms with Gasteiger partial charge in [-0.15, -0.1) is 0 Å². The Morgan fingerprint density at radius 2 is 1.79 bits per heavy atom. The molecule has 3 aromatic carbocycles. The number of hydrogen-bond acceptors (Lipinski definition) is 3. The number of ether oxygens (including phenoxy) is 1. The first kappa shape index (κ1) is 18.6. The van der Waals surface area contributed by atoms with Gasteiger partial charge in [-0.3, -0.25) is 0 Å². The van der Waals surface area contributed by atoms with Gasteiger partial charge in [0.25, 0.3) is 0 Å². The van der Waals surface area contributed by atoms with Crippen LogP contribution in [-0.2, 0) is 12.8 Å². The molecule has 0 radical (unpaired) electrons. The van der Waals surface area contributed by atoms with E-state index >= 15 is 0 Å². The van der Waals surface area contributed by atoms with Crippen molar-refractivity contribution in [3.63, 3.8) is 0 Å². The molecule has 1 aliphatic carbocycles. The summed E-state index contributed by atoms with van der Waals surface area (Å²) in [5, 5.41) is 2.03. The summed E-state index contributed by atoms with van der Waals surface area (Å²) in [6.45, 7) is 2.10. The van der Waals surface area contributed by atoms with Crippen molar-refractivity contribution < 1.29 is 4.74 Å². The lowest BCUT2D eigenvalue weighted by atomic mass is 10.1. The summed E-state index contributed by atoms with van der Waals surface area (Å²) >= 11 is 1.66. The van der Waals surface area contributed by atoms with E-state index in [0.29, 0.717) is 5.90 Å². The summed E-state index contributed by atoms with van der Waals surface area (Å²) in [6.07, 6.45) is 5.50. The van der Waals surface area contributed by atoms with E-state index in [1.807, 2.05) is 41.8 Å². The van der Waals surface area contributed by atoms with Crippen LogP contribution < -0.4 is 4.74 Å². The van der Waals surface area contributed by atoms with Crippen molar-refractivity contribution >= 4 is 23.3 Å². The molecular formula is C25H23NOS. The van der Waals surface area contributed by atoms with Gasteiger partial charge in [0.05, 0.1) is 5.69 Å². The van der Waals surface area contributed by atoms with Crippen molar-refractivity contribution in [2.75, 3.05) is 0 Å². The third-order valence-corrected chi connectivity index (χ3v) is 5.49. The first-order chi connectivity index (χ1) is 13.8. The van der Waals surface area contributed by atoms with Crippen LogP contribution in [-0.4, -0.2) is 5.90 Å². The molecule has 0 unspecified atom stereocenters. The second-order valence-electron chi connectivity index (χ2n) is 6.91. The van der Waals surface area contributed by atoms with Crippen molar-refractivity contribution in [2.45, 2.75) is 31.1 Å². The summed E-state index contributed by atoms with van der Waals surface area (Å²) in [7, 11) is 0. The Morgan fingerprint density at radius 1 is 0.929 bits per heavy atom. The Balaban J connectivity index is 1.57. The largest absolute Gasteiger partial charge is 0.439 e. The molecule has 0 amide bonds. The standard InChI is InChI=1S/C25H23NOS/c1-19-7-5-12-24(17-19)28-16-15-25(27-23-10-3-2-4-11-23)26-22-14-13-20-8-6-9-21(20)18-22/h2-5,7,10-18H,6,8-9H2,1H3. The third kappa shape index (κ3) is 4.93. The fraction of sp³-hybridized carbons (Fsp3) is 0.160. The van der Waals surface area contributed by atoms with Crippen LogP contribution in [0.4, 0.5) is 5.69 Å². The molecule has 0 saturated carbocycles. The average Bonchev–Trinajstić information content (AvgIpc) is 3.17. The molecule has 0 heterocycles. The van der Waals surface area contributed by atoms with Crippen LogP contribution in [0.3, 0.4) is 0 Å². The van der Waals surface area contributed by atoms with E-state index in [-0.39, 0.29) is 0 Å². The van der Waals surface area contributed by atoms with E-state index in [1.54, 1.807) is 11.8 Å². The number of fused-ring (bicyclic) bond motifs is 1.